The first-order valence-electron chi connectivity index (χ1n) is 6.30. The van der Waals surface area contributed by atoms with Crippen LogP contribution in [0.4, 0.5) is 0 Å². The van der Waals surface area contributed by atoms with Crippen LogP contribution in [-0.4, -0.2) is 28.9 Å². The Bertz CT molecular complexity index is 359. The van der Waals surface area contributed by atoms with Gasteiger partial charge in [-0.2, -0.15) is 0 Å². The highest BCUT2D eigenvalue weighted by atomic mass is 127. The van der Waals surface area contributed by atoms with Gasteiger partial charge >= 0.3 is 0 Å². The minimum absolute atomic E-state index is 0. The number of hydrogen-bond donors (Lipinski definition) is 1. The van der Waals surface area contributed by atoms with Crippen molar-refractivity contribution in [2.24, 2.45) is 10.7 Å². The molecular weight excluding hydrogens is 339 g/mol. The summed E-state index contributed by atoms with van der Waals surface area (Å²) in [6.07, 6.45) is 8.68. The molecule has 1 aliphatic heterocycles. The summed E-state index contributed by atoms with van der Waals surface area (Å²) in [5, 5.41) is 0. The average molecular weight is 360 g/mol. The van der Waals surface area contributed by atoms with Gasteiger partial charge in [-0.25, -0.2) is 4.99 Å². The molecule has 0 radical (unpaired) electrons. The summed E-state index contributed by atoms with van der Waals surface area (Å²) in [5.41, 5.74) is 7.12. The SMILES string of the molecule is I.NC(=NCc1cccnc1)N1CCCCCC1. The number of nitrogens with zero attached hydrogens (tertiary/aromatic N) is 3. The van der Waals surface area contributed by atoms with E-state index in [1.54, 1.807) is 6.20 Å². The van der Waals surface area contributed by atoms with Crippen molar-refractivity contribution >= 4 is 29.9 Å². The predicted octanol–water partition coefficient (Wildman–Crippen LogP) is 2.39. The van der Waals surface area contributed by atoms with Crippen LogP contribution in [0, 0.1) is 0 Å². The standard InChI is InChI=1S/C13H20N4.HI/c14-13(17-8-3-1-2-4-9-17)16-11-12-6-5-7-15-10-12;/h5-7,10H,1-4,8-9,11H2,(H2,14,16);1H. The molecular formula is C13H21IN4. The number of nitrogens with two attached hydrogens (primary N) is 1. The zero-order valence-electron chi connectivity index (χ0n) is 10.6. The number of likely N-dealkylation sites (tertiary alicyclic amines) is 1. The monoisotopic (exact) mass is 360 g/mol. The van der Waals surface area contributed by atoms with Crippen molar-refractivity contribution in [3.8, 4) is 0 Å². The van der Waals surface area contributed by atoms with Gasteiger partial charge in [0.1, 0.15) is 0 Å². The van der Waals surface area contributed by atoms with Crippen molar-refractivity contribution in [2.45, 2.75) is 32.2 Å². The van der Waals surface area contributed by atoms with Gasteiger partial charge in [-0.15, -0.1) is 24.0 Å². The molecule has 0 unspecified atom stereocenters. The number of guanidine groups is 1. The summed E-state index contributed by atoms with van der Waals surface area (Å²) >= 11 is 0. The molecule has 0 spiro atoms. The summed E-state index contributed by atoms with van der Waals surface area (Å²) in [5.74, 6) is 0.677. The zero-order chi connectivity index (χ0) is 11.9. The van der Waals surface area contributed by atoms with E-state index >= 15 is 0 Å². The fraction of sp³-hybridized carbons (Fsp3) is 0.538. The molecule has 2 N–H and O–H groups in total. The molecule has 0 bridgehead atoms. The molecule has 0 amide bonds. The molecule has 5 heteroatoms. The lowest BCUT2D eigenvalue weighted by molar-refractivity contribution is 0.428. The van der Waals surface area contributed by atoms with E-state index in [2.05, 4.69) is 14.9 Å². The second kappa shape index (κ2) is 8.29. The Kier molecular flexibility index (Phi) is 7.00. The Hall–Kier alpha value is -0.850. The first-order chi connectivity index (χ1) is 8.36. The molecule has 0 atom stereocenters. The maximum atomic E-state index is 6.02. The second-order valence-corrected chi connectivity index (χ2v) is 4.44. The quantitative estimate of drug-likeness (QED) is 0.501. The summed E-state index contributed by atoms with van der Waals surface area (Å²) in [6, 6.07) is 3.94. The molecule has 2 rings (SSSR count). The predicted molar refractivity (Wildman–Crippen MR) is 85.0 cm³/mol. The highest BCUT2D eigenvalue weighted by molar-refractivity contribution is 14.0. The normalized spacial score (nSPS) is 16.9. The maximum Gasteiger partial charge on any atom is 0.191 e. The minimum atomic E-state index is 0. The van der Waals surface area contributed by atoms with Gasteiger partial charge in [0, 0.05) is 25.5 Å². The lowest BCUT2D eigenvalue weighted by atomic mass is 10.2. The molecule has 1 saturated heterocycles. The Morgan fingerprint density at radius 2 is 2.00 bits per heavy atom. The summed E-state index contributed by atoms with van der Waals surface area (Å²) < 4.78 is 0. The molecule has 1 fully saturated rings. The third-order valence-electron chi connectivity index (χ3n) is 3.08. The molecule has 1 aromatic heterocycles. The average Bonchev–Trinajstić information content (AvgIpc) is 2.66. The van der Waals surface area contributed by atoms with E-state index in [0.29, 0.717) is 12.5 Å². The summed E-state index contributed by atoms with van der Waals surface area (Å²) in [4.78, 5) is 10.7. The molecule has 18 heavy (non-hydrogen) atoms. The third-order valence-corrected chi connectivity index (χ3v) is 3.08. The van der Waals surface area contributed by atoms with Crippen molar-refractivity contribution in [1.82, 2.24) is 9.88 Å². The van der Waals surface area contributed by atoms with Gasteiger partial charge in [0.15, 0.2) is 5.96 Å². The van der Waals surface area contributed by atoms with Gasteiger partial charge in [0.25, 0.3) is 0 Å². The van der Waals surface area contributed by atoms with Crippen LogP contribution in [0.1, 0.15) is 31.2 Å². The number of aromatic nitrogens is 1. The summed E-state index contributed by atoms with van der Waals surface area (Å²) in [7, 11) is 0. The van der Waals surface area contributed by atoms with Gasteiger partial charge in [-0.1, -0.05) is 18.9 Å². The van der Waals surface area contributed by atoms with Gasteiger partial charge in [0.05, 0.1) is 6.54 Å². The first kappa shape index (κ1) is 15.2. The molecule has 100 valence electrons. The Balaban J connectivity index is 0.00000162. The van der Waals surface area contributed by atoms with E-state index in [-0.39, 0.29) is 24.0 Å². The largest absolute Gasteiger partial charge is 0.370 e. The van der Waals surface area contributed by atoms with Crippen LogP contribution in [0.2, 0.25) is 0 Å². The van der Waals surface area contributed by atoms with Crippen LogP contribution in [0.5, 0.6) is 0 Å². The summed E-state index contributed by atoms with van der Waals surface area (Å²) in [6.45, 7) is 2.71. The number of halogens is 1. The number of rotatable bonds is 2. The second-order valence-electron chi connectivity index (χ2n) is 4.44. The van der Waals surface area contributed by atoms with Crippen LogP contribution in [-0.2, 0) is 6.54 Å². The fourth-order valence-corrected chi connectivity index (χ4v) is 2.06. The highest BCUT2D eigenvalue weighted by Crippen LogP contribution is 2.09. The number of pyridine rings is 1. The van der Waals surface area contributed by atoms with Crippen molar-refractivity contribution in [3.63, 3.8) is 0 Å². The topological polar surface area (TPSA) is 54.5 Å². The Morgan fingerprint density at radius 3 is 2.61 bits per heavy atom. The Labute approximate surface area is 126 Å². The van der Waals surface area contributed by atoms with E-state index in [0.717, 1.165) is 18.7 Å². The van der Waals surface area contributed by atoms with Gasteiger partial charge in [-0.05, 0) is 24.5 Å². The highest BCUT2D eigenvalue weighted by Gasteiger charge is 2.10. The molecule has 1 aromatic rings. The molecule has 2 heterocycles. The van der Waals surface area contributed by atoms with E-state index in [4.69, 9.17) is 5.73 Å². The van der Waals surface area contributed by atoms with E-state index in [1.807, 2.05) is 18.3 Å². The molecule has 0 saturated carbocycles. The molecule has 0 aromatic carbocycles. The molecule has 1 aliphatic rings. The van der Waals surface area contributed by atoms with Gasteiger partial charge in [-0.3, -0.25) is 4.98 Å². The fourth-order valence-electron chi connectivity index (χ4n) is 2.06. The van der Waals surface area contributed by atoms with Gasteiger partial charge in [0.2, 0.25) is 0 Å². The van der Waals surface area contributed by atoms with E-state index < -0.39 is 0 Å². The van der Waals surface area contributed by atoms with E-state index in [9.17, 15) is 0 Å². The number of hydrogen-bond acceptors (Lipinski definition) is 2. The van der Waals surface area contributed by atoms with Crippen molar-refractivity contribution < 1.29 is 0 Å². The zero-order valence-corrected chi connectivity index (χ0v) is 12.9. The van der Waals surface area contributed by atoms with Crippen LogP contribution in [0.25, 0.3) is 0 Å². The van der Waals surface area contributed by atoms with Crippen LogP contribution in [0.15, 0.2) is 29.5 Å². The van der Waals surface area contributed by atoms with Crippen LogP contribution in [0.3, 0.4) is 0 Å². The van der Waals surface area contributed by atoms with Crippen molar-refractivity contribution in [3.05, 3.63) is 30.1 Å². The first-order valence-corrected chi connectivity index (χ1v) is 6.30. The van der Waals surface area contributed by atoms with Crippen molar-refractivity contribution in [1.29, 1.82) is 0 Å². The van der Waals surface area contributed by atoms with E-state index in [1.165, 1.54) is 25.7 Å². The lowest BCUT2D eigenvalue weighted by Gasteiger charge is -2.21. The molecule has 0 aliphatic carbocycles. The Morgan fingerprint density at radius 1 is 1.28 bits per heavy atom. The lowest BCUT2D eigenvalue weighted by Crippen LogP contribution is -2.38. The van der Waals surface area contributed by atoms with Crippen molar-refractivity contribution in [2.75, 3.05) is 13.1 Å². The van der Waals surface area contributed by atoms with Gasteiger partial charge < -0.3 is 10.6 Å². The third kappa shape index (κ3) is 4.80. The smallest absolute Gasteiger partial charge is 0.191 e. The van der Waals surface area contributed by atoms with Crippen LogP contribution >= 0.6 is 24.0 Å². The minimum Gasteiger partial charge on any atom is -0.370 e. The van der Waals surface area contributed by atoms with Crippen LogP contribution < -0.4 is 5.73 Å². The maximum absolute atomic E-state index is 6.02. The molecule has 4 nitrogen and oxygen atoms in total. The number of aliphatic imine (C=N–C) groups is 1.